The Hall–Kier alpha value is -0.900. The summed E-state index contributed by atoms with van der Waals surface area (Å²) in [7, 11) is 0. The average molecular weight is 195 g/mol. The van der Waals surface area contributed by atoms with Gasteiger partial charge in [0.25, 0.3) is 0 Å². The monoisotopic (exact) mass is 195 g/mol. The summed E-state index contributed by atoms with van der Waals surface area (Å²) in [5.41, 5.74) is 0. The lowest BCUT2D eigenvalue weighted by Crippen LogP contribution is -2.20. The van der Waals surface area contributed by atoms with E-state index in [0.29, 0.717) is 5.92 Å². The minimum Gasteiger partial charge on any atom is -0.396 e. The molecule has 0 radical (unpaired) electrons. The summed E-state index contributed by atoms with van der Waals surface area (Å²) in [6, 6.07) is 0. The van der Waals surface area contributed by atoms with Crippen LogP contribution in [0.5, 0.6) is 0 Å². The summed E-state index contributed by atoms with van der Waals surface area (Å²) in [5, 5.41) is 17.6. The molecular formula is C10H17N3O. The molecule has 1 N–H and O–H groups in total. The predicted octanol–water partition coefficient (Wildman–Crippen LogP) is 1.27. The molecule has 1 aliphatic heterocycles. The normalized spacial score (nSPS) is 21.3. The summed E-state index contributed by atoms with van der Waals surface area (Å²) in [6.45, 7) is 5.45. The lowest BCUT2D eigenvalue weighted by Gasteiger charge is -2.22. The topological polar surface area (TPSA) is 50.9 Å². The predicted molar refractivity (Wildman–Crippen MR) is 53.2 cm³/mol. The molecule has 2 rings (SSSR count). The van der Waals surface area contributed by atoms with Crippen LogP contribution in [0.4, 0.5) is 0 Å². The van der Waals surface area contributed by atoms with E-state index in [1.807, 2.05) is 0 Å². The summed E-state index contributed by atoms with van der Waals surface area (Å²) in [5.74, 6) is 2.64. The van der Waals surface area contributed by atoms with Crippen molar-refractivity contribution in [1.82, 2.24) is 14.8 Å². The Morgan fingerprint density at radius 1 is 1.50 bits per heavy atom. The van der Waals surface area contributed by atoms with Crippen LogP contribution in [-0.4, -0.2) is 26.5 Å². The van der Waals surface area contributed by atoms with Gasteiger partial charge in [-0.05, 0) is 12.8 Å². The number of nitrogens with zero attached hydrogens (tertiary/aromatic N) is 3. The van der Waals surface area contributed by atoms with Crippen molar-refractivity contribution in [3.8, 4) is 0 Å². The van der Waals surface area contributed by atoms with Gasteiger partial charge in [-0.2, -0.15) is 0 Å². The number of hydrogen-bond donors (Lipinski definition) is 1. The molecule has 0 spiro atoms. The van der Waals surface area contributed by atoms with E-state index < -0.39 is 0 Å². The Morgan fingerprint density at radius 3 is 2.93 bits per heavy atom. The van der Waals surface area contributed by atoms with E-state index in [1.54, 1.807) is 0 Å². The van der Waals surface area contributed by atoms with Gasteiger partial charge >= 0.3 is 0 Å². The lowest BCUT2D eigenvalue weighted by atomic mass is 9.99. The van der Waals surface area contributed by atoms with E-state index in [2.05, 4.69) is 28.6 Å². The Bertz CT molecular complexity index is 319. The van der Waals surface area contributed by atoms with E-state index in [-0.39, 0.29) is 12.5 Å². The van der Waals surface area contributed by atoms with Crippen LogP contribution in [-0.2, 0) is 6.54 Å². The summed E-state index contributed by atoms with van der Waals surface area (Å²) in [6.07, 6.45) is 2.16. The van der Waals surface area contributed by atoms with Gasteiger partial charge in [0.1, 0.15) is 11.6 Å². The highest BCUT2D eigenvalue weighted by molar-refractivity contribution is 5.07. The van der Waals surface area contributed by atoms with E-state index in [9.17, 15) is 5.11 Å². The molecule has 78 valence electrons. The van der Waals surface area contributed by atoms with Crippen molar-refractivity contribution in [2.45, 2.75) is 45.1 Å². The molecule has 0 aromatic carbocycles. The standard InChI is InChI=1S/C10H17N3O/c1-7(2)9-11-12-10-8(6-14)4-3-5-13(9)10/h7-8,14H,3-6H2,1-2H3. The molecular weight excluding hydrogens is 178 g/mol. The van der Waals surface area contributed by atoms with Gasteiger partial charge in [-0.3, -0.25) is 0 Å². The van der Waals surface area contributed by atoms with E-state index in [1.165, 1.54) is 0 Å². The Morgan fingerprint density at radius 2 is 2.29 bits per heavy atom. The van der Waals surface area contributed by atoms with E-state index in [4.69, 9.17) is 0 Å². The molecule has 0 aliphatic carbocycles. The molecule has 1 aromatic rings. The zero-order valence-corrected chi connectivity index (χ0v) is 8.77. The maximum atomic E-state index is 9.20. The first kappa shape index (κ1) is 9.65. The zero-order chi connectivity index (χ0) is 10.1. The van der Waals surface area contributed by atoms with Gasteiger partial charge in [-0.25, -0.2) is 0 Å². The fourth-order valence-electron chi connectivity index (χ4n) is 2.08. The van der Waals surface area contributed by atoms with Crippen LogP contribution in [0.25, 0.3) is 0 Å². The minimum absolute atomic E-state index is 0.191. The third-order valence-corrected chi connectivity index (χ3v) is 2.84. The molecule has 0 saturated heterocycles. The second-order valence-corrected chi connectivity index (χ2v) is 4.24. The number of aliphatic hydroxyl groups is 1. The van der Waals surface area contributed by atoms with Crippen molar-refractivity contribution >= 4 is 0 Å². The SMILES string of the molecule is CC(C)c1nnc2n1CCCC2CO. The van der Waals surface area contributed by atoms with Crippen LogP contribution in [0.3, 0.4) is 0 Å². The smallest absolute Gasteiger partial charge is 0.138 e. The molecule has 0 saturated carbocycles. The van der Waals surface area contributed by atoms with Crippen LogP contribution in [0, 0.1) is 0 Å². The number of rotatable bonds is 2. The number of fused-ring (bicyclic) bond motifs is 1. The van der Waals surface area contributed by atoms with E-state index in [0.717, 1.165) is 31.0 Å². The Labute approximate surface area is 84.0 Å². The largest absolute Gasteiger partial charge is 0.396 e. The van der Waals surface area contributed by atoms with Crippen molar-refractivity contribution in [3.63, 3.8) is 0 Å². The molecule has 0 bridgehead atoms. The molecule has 1 atom stereocenters. The third-order valence-electron chi connectivity index (χ3n) is 2.84. The van der Waals surface area contributed by atoms with Gasteiger partial charge in [0.2, 0.25) is 0 Å². The van der Waals surface area contributed by atoms with Crippen LogP contribution in [0.2, 0.25) is 0 Å². The molecule has 1 aliphatic rings. The number of aromatic nitrogens is 3. The first-order chi connectivity index (χ1) is 6.74. The van der Waals surface area contributed by atoms with Gasteiger partial charge < -0.3 is 9.67 Å². The van der Waals surface area contributed by atoms with Crippen LogP contribution < -0.4 is 0 Å². The van der Waals surface area contributed by atoms with Gasteiger partial charge in [-0.15, -0.1) is 10.2 Å². The molecule has 0 amide bonds. The molecule has 4 heteroatoms. The third kappa shape index (κ3) is 1.43. The minimum atomic E-state index is 0.191. The molecule has 2 heterocycles. The fourth-order valence-corrected chi connectivity index (χ4v) is 2.08. The van der Waals surface area contributed by atoms with E-state index >= 15 is 0 Å². The maximum absolute atomic E-state index is 9.20. The first-order valence-electron chi connectivity index (χ1n) is 5.28. The molecule has 1 aromatic heterocycles. The summed E-state index contributed by atoms with van der Waals surface area (Å²) in [4.78, 5) is 0. The van der Waals surface area contributed by atoms with Crippen LogP contribution >= 0.6 is 0 Å². The van der Waals surface area contributed by atoms with Crippen molar-refractivity contribution < 1.29 is 5.11 Å². The average Bonchev–Trinajstić information content (AvgIpc) is 2.60. The van der Waals surface area contributed by atoms with Gasteiger partial charge in [-0.1, -0.05) is 13.8 Å². The van der Waals surface area contributed by atoms with Gasteiger partial charge in [0.15, 0.2) is 0 Å². The number of hydrogen-bond acceptors (Lipinski definition) is 3. The highest BCUT2D eigenvalue weighted by atomic mass is 16.3. The van der Waals surface area contributed by atoms with Crippen molar-refractivity contribution in [3.05, 3.63) is 11.6 Å². The highest BCUT2D eigenvalue weighted by Crippen LogP contribution is 2.27. The molecule has 14 heavy (non-hydrogen) atoms. The second kappa shape index (κ2) is 3.69. The maximum Gasteiger partial charge on any atom is 0.138 e. The Kier molecular flexibility index (Phi) is 2.54. The van der Waals surface area contributed by atoms with Gasteiger partial charge in [0.05, 0.1) is 6.61 Å². The number of aliphatic hydroxyl groups excluding tert-OH is 1. The van der Waals surface area contributed by atoms with Gasteiger partial charge in [0, 0.05) is 18.4 Å². The molecule has 4 nitrogen and oxygen atoms in total. The van der Waals surface area contributed by atoms with Crippen molar-refractivity contribution in [2.75, 3.05) is 6.61 Å². The Balaban J connectivity index is 2.37. The van der Waals surface area contributed by atoms with Crippen molar-refractivity contribution in [1.29, 1.82) is 0 Å². The lowest BCUT2D eigenvalue weighted by molar-refractivity contribution is 0.237. The highest BCUT2D eigenvalue weighted by Gasteiger charge is 2.25. The van der Waals surface area contributed by atoms with Crippen LogP contribution in [0.15, 0.2) is 0 Å². The second-order valence-electron chi connectivity index (χ2n) is 4.24. The fraction of sp³-hybridized carbons (Fsp3) is 0.800. The van der Waals surface area contributed by atoms with Crippen LogP contribution in [0.1, 0.15) is 50.2 Å². The summed E-state index contributed by atoms with van der Waals surface area (Å²) < 4.78 is 2.18. The molecule has 0 fully saturated rings. The molecule has 1 unspecified atom stereocenters. The summed E-state index contributed by atoms with van der Waals surface area (Å²) >= 11 is 0. The zero-order valence-electron chi connectivity index (χ0n) is 8.77. The van der Waals surface area contributed by atoms with Crippen molar-refractivity contribution in [2.24, 2.45) is 0 Å². The first-order valence-corrected chi connectivity index (χ1v) is 5.28. The quantitative estimate of drug-likeness (QED) is 0.773.